The van der Waals surface area contributed by atoms with Crippen LogP contribution in [0.2, 0.25) is 0 Å². The smallest absolute Gasteiger partial charge is 0.160 e. The van der Waals surface area contributed by atoms with E-state index >= 15 is 0 Å². The van der Waals surface area contributed by atoms with E-state index in [1.54, 1.807) is 6.07 Å². The van der Waals surface area contributed by atoms with Gasteiger partial charge in [-0.25, -0.2) is 8.78 Å². The molecule has 0 unspecified atom stereocenters. The molecule has 1 aliphatic rings. The summed E-state index contributed by atoms with van der Waals surface area (Å²) in [7, 11) is 1.92. The standard InChI is InChI=1S/C14H20F2N2/c1-18(9-6-11-4-7-17-8-5-11)12-2-3-13(15)14(16)10-12/h2-3,10-11,17H,4-9H2,1H3. The molecule has 1 fully saturated rings. The molecule has 2 rings (SSSR count). The number of nitrogens with one attached hydrogen (secondary N) is 1. The fourth-order valence-corrected chi connectivity index (χ4v) is 2.40. The van der Waals surface area contributed by atoms with Crippen LogP contribution in [0.25, 0.3) is 0 Å². The molecule has 1 aliphatic heterocycles. The molecule has 1 aromatic carbocycles. The highest BCUT2D eigenvalue weighted by atomic mass is 19.2. The molecule has 0 radical (unpaired) electrons. The third kappa shape index (κ3) is 3.42. The number of rotatable bonds is 4. The zero-order chi connectivity index (χ0) is 13.0. The van der Waals surface area contributed by atoms with Gasteiger partial charge < -0.3 is 10.2 Å². The van der Waals surface area contributed by atoms with E-state index in [1.807, 2.05) is 11.9 Å². The predicted octanol–water partition coefficient (Wildman–Crippen LogP) is 2.79. The maximum Gasteiger partial charge on any atom is 0.160 e. The first-order valence-electron chi connectivity index (χ1n) is 6.53. The van der Waals surface area contributed by atoms with Crippen molar-refractivity contribution in [2.24, 2.45) is 5.92 Å². The van der Waals surface area contributed by atoms with Crippen LogP contribution in [-0.2, 0) is 0 Å². The average Bonchev–Trinajstić information content (AvgIpc) is 2.40. The topological polar surface area (TPSA) is 15.3 Å². The minimum atomic E-state index is -0.787. The van der Waals surface area contributed by atoms with Crippen molar-refractivity contribution in [2.75, 3.05) is 31.6 Å². The molecule has 0 aliphatic carbocycles. The first-order valence-corrected chi connectivity index (χ1v) is 6.53. The Hall–Kier alpha value is -1.16. The Bertz CT molecular complexity index is 389. The largest absolute Gasteiger partial charge is 0.375 e. The van der Waals surface area contributed by atoms with Crippen molar-refractivity contribution in [1.29, 1.82) is 0 Å². The van der Waals surface area contributed by atoms with E-state index in [0.717, 1.165) is 37.7 Å². The summed E-state index contributed by atoms with van der Waals surface area (Å²) < 4.78 is 26.0. The van der Waals surface area contributed by atoms with Crippen LogP contribution in [0.4, 0.5) is 14.5 Å². The summed E-state index contributed by atoms with van der Waals surface area (Å²) in [5, 5.41) is 3.34. The van der Waals surface area contributed by atoms with Gasteiger partial charge in [-0.15, -0.1) is 0 Å². The summed E-state index contributed by atoms with van der Waals surface area (Å²) in [5.41, 5.74) is 0.739. The van der Waals surface area contributed by atoms with Crippen LogP contribution in [0.15, 0.2) is 18.2 Å². The van der Waals surface area contributed by atoms with Crippen molar-refractivity contribution in [1.82, 2.24) is 5.32 Å². The van der Waals surface area contributed by atoms with Gasteiger partial charge in [0.2, 0.25) is 0 Å². The van der Waals surface area contributed by atoms with Crippen molar-refractivity contribution < 1.29 is 8.78 Å². The van der Waals surface area contributed by atoms with E-state index in [4.69, 9.17) is 0 Å². The van der Waals surface area contributed by atoms with Gasteiger partial charge in [-0.3, -0.25) is 0 Å². The van der Waals surface area contributed by atoms with Crippen LogP contribution in [0, 0.1) is 17.6 Å². The highest BCUT2D eigenvalue weighted by Crippen LogP contribution is 2.20. The fourth-order valence-electron chi connectivity index (χ4n) is 2.40. The summed E-state index contributed by atoms with van der Waals surface area (Å²) in [6, 6.07) is 4.07. The molecule has 1 aromatic rings. The van der Waals surface area contributed by atoms with Crippen LogP contribution in [0.3, 0.4) is 0 Å². The fraction of sp³-hybridized carbons (Fsp3) is 0.571. The Kier molecular flexibility index (Phi) is 4.53. The van der Waals surface area contributed by atoms with E-state index < -0.39 is 11.6 Å². The molecule has 1 N–H and O–H groups in total. The molecular formula is C14H20F2N2. The Morgan fingerprint density at radius 1 is 1.22 bits per heavy atom. The Morgan fingerprint density at radius 2 is 1.94 bits per heavy atom. The maximum absolute atomic E-state index is 13.1. The van der Waals surface area contributed by atoms with Crippen LogP contribution >= 0.6 is 0 Å². The lowest BCUT2D eigenvalue weighted by molar-refractivity contribution is 0.356. The van der Waals surface area contributed by atoms with Gasteiger partial charge in [-0.2, -0.15) is 0 Å². The van der Waals surface area contributed by atoms with Gasteiger partial charge in [-0.05, 0) is 50.4 Å². The summed E-state index contributed by atoms with van der Waals surface area (Å²) in [5.74, 6) is -0.814. The van der Waals surface area contributed by atoms with Crippen molar-refractivity contribution in [2.45, 2.75) is 19.3 Å². The number of nitrogens with zero attached hydrogens (tertiary/aromatic N) is 1. The number of piperidine rings is 1. The molecule has 0 amide bonds. The average molecular weight is 254 g/mol. The predicted molar refractivity (Wildman–Crippen MR) is 69.8 cm³/mol. The highest BCUT2D eigenvalue weighted by molar-refractivity contribution is 5.45. The summed E-state index contributed by atoms with van der Waals surface area (Å²) >= 11 is 0. The Balaban J connectivity index is 1.86. The molecule has 0 aromatic heterocycles. The van der Waals surface area contributed by atoms with Crippen molar-refractivity contribution in [3.05, 3.63) is 29.8 Å². The van der Waals surface area contributed by atoms with Gasteiger partial charge >= 0.3 is 0 Å². The number of hydrogen-bond acceptors (Lipinski definition) is 2. The number of hydrogen-bond donors (Lipinski definition) is 1. The van der Waals surface area contributed by atoms with E-state index in [-0.39, 0.29) is 0 Å². The van der Waals surface area contributed by atoms with Gasteiger partial charge in [-0.1, -0.05) is 0 Å². The third-order valence-electron chi connectivity index (χ3n) is 3.68. The number of benzene rings is 1. The Labute approximate surface area is 107 Å². The zero-order valence-corrected chi connectivity index (χ0v) is 10.8. The van der Waals surface area contributed by atoms with Crippen LogP contribution in [0.5, 0.6) is 0 Å². The second kappa shape index (κ2) is 6.14. The lowest BCUT2D eigenvalue weighted by Gasteiger charge is -2.26. The van der Waals surface area contributed by atoms with Crippen LogP contribution in [-0.4, -0.2) is 26.7 Å². The lowest BCUT2D eigenvalue weighted by atomic mass is 9.94. The molecule has 4 heteroatoms. The zero-order valence-electron chi connectivity index (χ0n) is 10.8. The second-order valence-electron chi connectivity index (χ2n) is 5.00. The first kappa shape index (κ1) is 13.3. The van der Waals surface area contributed by atoms with Crippen molar-refractivity contribution >= 4 is 5.69 Å². The summed E-state index contributed by atoms with van der Waals surface area (Å²) in [6.45, 7) is 3.08. The maximum atomic E-state index is 13.1. The molecular weight excluding hydrogens is 234 g/mol. The monoisotopic (exact) mass is 254 g/mol. The van der Waals surface area contributed by atoms with E-state index in [9.17, 15) is 8.78 Å². The molecule has 0 saturated carbocycles. The number of anilines is 1. The van der Waals surface area contributed by atoms with Crippen molar-refractivity contribution in [3.8, 4) is 0 Å². The number of halogens is 2. The summed E-state index contributed by atoms with van der Waals surface area (Å²) in [6.07, 6.45) is 3.54. The minimum Gasteiger partial charge on any atom is -0.375 e. The van der Waals surface area contributed by atoms with E-state index in [2.05, 4.69) is 5.32 Å². The van der Waals surface area contributed by atoms with Gasteiger partial charge in [0.1, 0.15) is 0 Å². The van der Waals surface area contributed by atoms with Gasteiger partial charge in [0.05, 0.1) is 0 Å². The van der Waals surface area contributed by atoms with Gasteiger partial charge in [0, 0.05) is 25.3 Å². The molecule has 18 heavy (non-hydrogen) atoms. The lowest BCUT2D eigenvalue weighted by Crippen LogP contribution is -2.30. The molecule has 100 valence electrons. The normalized spacial score (nSPS) is 16.8. The SMILES string of the molecule is CN(CCC1CCNCC1)c1ccc(F)c(F)c1. The van der Waals surface area contributed by atoms with Gasteiger partial charge in [0.25, 0.3) is 0 Å². The van der Waals surface area contributed by atoms with Gasteiger partial charge in [0.15, 0.2) is 11.6 Å². The van der Waals surface area contributed by atoms with E-state index in [0.29, 0.717) is 0 Å². The van der Waals surface area contributed by atoms with Crippen LogP contribution in [0.1, 0.15) is 19.3 Å². The molecule has 0 bridgehead atoms. The summed E-state index contributed by atoms with van der Waals surface area (Å²) in [4.78, 5) is 1.99. The molecule has 1 saturated heterocycles. The van der Waals surface area contributed by atoms with Crippen LogP contribution < -0.4 is 10.2 Å². The molecule has 2 nitrogen and oxygen atoms in total. The molecule has 1 heterocycles. The highest BCUT2D eigenvalue weighted by Gasteiger charge is 2.14. The third-order valence-corrected chi connectivity index (χ3v) is 3.68. The minimum absolute atomic E-state index is 0.739. The quantitative estimate of drug-likeness (QED) is 0.889. The van der Waals surface area contributed by atoms with E-state index in [1.165, 1.54) is 25.0 Å². The van der Waals surface area contributed by atoms with Crippen molar-refractivity contribution in [3.63, 3.8) is 0 Å². The second-order valence-corrected chi connectivity index (χ2v) is 5.00. The first-order chi connectivity index (χ1) is 8.66. The molecule has 0 atom stereocenters. The Morgan fingerprint density at radius 3 is 2.61 bits per heavy atom. The molecule has 0 spiro atoms.